The number of hydrogen-bond donors (Lipinski definition) is 2. The van der Waals surface area contributed by atoms with Crippen LogP contribution in [0.5, 0.6) is 0 Å². The SMILES string of the molecule is CC(C)C(=O)Nc1ccc(CNC(=O)c2ccc(N3CCCC3)c([N+](=O)[O-])c2)cc1. The molecule has 1 aliphatic heterocycles. The van der Waals surface area contributed by atoms with Gasteiger partial charge in [0, 0.05) is 42.9 Å². The van der Waals surface area contributed by atoms with Crippen LogP contribution in [0.25, 0.3) is 0 Å². The quantitative estimate of drug-likeness (QED) is 0.535. The lowest BCUT2D eigenvalue weighted by atomic mass is 10.1. The van der Waals surface area contributed by atoms with E-state index in [0.717, 1.165) is 31.5 Å². The van der Waals surface area contributed by atoms with Gasteiger partial charge in [-0.05, 0) is 42.7 Å². The van der Waals surface area contributed by atoms with Crippen LogP contribution < -0.4 is 15.5 Å². The van der Waals surface area contributed by atoms with Crippen LogP contribution in [0.1, 0.15) is 42.6 Å². The monoisotopic (exact) mass is 410 g/mol. The number of anilines is 2. The number of hydrogen-bond acceptors (Lipinski definition) is 5. The highest BCUT2D eigenvalue weighted by Crippen LogP contribution is 2.31. The molecule has 3 rings (SSSR count). The summed E-state index contributed by atoms with van der Waals surface area (Å²) in [5, 5.41) is 17.1. The third-order valence-corrected chi connectivity index (χ3v) is 5.08. The van der Waals surface area contributed by atoms with Crippen molar-refractivity contribution in [1.82, 2.24) is 5.32 Å². The van der Waals surface area contributed by atoms with Gasteiger partial charge in [-0.15, -0.1) is 0 Å². The summed E-state index contributed by atoms with van der Waals surface area (Å²) >= 11 is 0. The molecule has 0 atom stereocenters. The van der Waals surface area contributed by atoms with E-state index in [4.69, 9.17) is 0 Å². The molecule has 1 aliphatic rings. The molecule has 158 valence electrons. The maximum Gasteiger partial charge on any atom is 0.293 e. The zero-order chi connectivity index (χ0) is 21.7. The molecule has 0 bridgehead atoms. The van der Waals surface area contributed by atoms with Gasteiger partial charge in [-0.2, -0.15) is 0 Å². The van der Waals surface area contributed by atoms with Gasteiger partial charge in [0.15, 0.2) is 0 Å². The molecule has 1 saturated heterocycles. The largest absolute Gasteiger partial charge is 0.366 e. The van der Waals surface area contributed by atoms with Crippen molar-refractivity contribution in [2.24, 2.45) is 5.92 Å². The fourth-order valence-corrected chi connectivity index (χ4v) is 3.31. The Hall–Kier alpha value is -3.42. The van der Waals surface area contributed by atoms with Crippen LogP contribution in [0, 0.1) is 16.0 Å². The van der Waals surface area contributed by atoms with Crippen LogP contribution in [-0.2, 0) is 11.3 Å². The molecule has 0 aromatic heterocycles. The summed E-state index contributed by atoms with van der Waals surface area (Å²) in [7, 11) is 0. The minimum atomic E-state index is -0.436. The van der Waals surface area contributed by atoms with Gasteiger partial charge in [-0.3, -0.25) is 19.7 Å². The Balaban J connectivity index is 1.64. The molecule has 0 saturated carbocycles. The molecule has 0 unspecified atom stereocenters. The summed E-state index contributed by atoms with van der Waals surface area (Å²) < 4.78 is 0. The average Bonchev–Trinajstić information content (AvgIpc) is 3.27. The van der Waals surface area contributed by atoms with Crippen LogP contribution in [-0.4, -0.2) is 29.8 Å². The number of nitrogens with one attached hydrogen (secondary N) is 2. The van der Waals surface area contributed by atoms with Crippen LogP contribution in [0.3, 0.4) is 0 Å². The second-order valence-electron chi connectivity index (χ2n) is 7.68. The van der Waals surface area contributed by atoms with E-state index in [2.05, 4.69) is 10.6 Å². The first-order valence-corrected chi connectivity index (χ1v) is 10.1. The van der Waals surface area contributed by atoms with E-state index in [9.17, 15) is 19.7 Å². The number of nitrogens with zero attached hydrogens (tertiary/aromatic N) is 2. The average molecular weight is 410 g/mol. The zero-order valence-electron chi connectivity index (χ0n) is 17.2. The second-order valence-corrected chi connectivity index (χ2v) is 7.68. The number of carbonyl (C=O) groups is 2. The molecular weight excluding hydrogens is 384 g/mol. The van der Waals surface area contributed by atoms with E-state index in [1.807, 2.05) is 30.9 Å². The van der Waals surface area contributed by atoms with E-state index in [1.54, 1.807) is 24.3 Å². The molecule has 2 amide bonds. The summed E-state index contributed by atoms with van der Waals surface area (Å²) in [6.45, 7) is 5.50. The van der Waals surface area contributed by atoms with Crippen molar-refractivity contribution in [2.45, 2.75) is 33.2 Å². The van der Waals surface area contributed by atoms with Crippen LogP contribution >= 0.6 is 0 Å². The molecule has 8 heteroatoms. The summed E-state index contributed by atoms with van der Waals surface area (Å²) in [5.74, 6) is -0.539. The molecular formula is C22H26N4O4. The molecule has 1 fully saturated rings. The van der Waals surface area contributed by atoms with Gasteiger partial charge < -0.3 is 15.5 Å². The Morgan fingerprint density at radius 2 is 1.77 bits per heavy atom. The fraction of sp³-hybridized carbons (Fsp3) is 0.364. The summed E-state index contributed by atoms with van der Waals surface area (Å²) in [6, 6.07) is 11.8. The minimum absolute atomic E-state index is 0.0465. The molecule has 0 aliphatic carbocycles. The molecule has 8 nitrogen and oxygen atoms in total. The standard InChI is InChI=1S/C22H26N4O4/c1-15(2)21(27)24-18-8-5-16(6-9-18)14-23-22(28)17-7-10-19(20(13-17)26(29)30)25-11-3-4-12-25/h5-10,13,15H,3-4,11-12,14H2,1-2H3,(H,23,28)(H,24,27). The van der Waals surface area contributed by atoms with Crippen LogP contribution in [0.2, 0.25) is 0 Å². The highest BCUT2D eigenvalue weighted by Gasteiger charge is 2.23. The normalized spacial score (nSPS) is 13.4. The van der Waals surface area contributed by atoms with Crippen LogP contribution in [0.4, 0.5) is 17.1 Å². The highest BCUT2D eigenvalue weighted by molar-refractivity contribution is 5.96. The Morgan fingerprint density at radius 3 is 2.37 bits per heavy atom. The molecule has 30 heavy (non-hydrogen) atoms. The lowest BCUT2D eigenvalue weighted by Crippen LogP contribution is -2.24. The fourth-order valence-electron chi connectivity index (χ4n) is 3.31. The van der Waals surface area contributed by atoms with Crippen LogP contribution in [0.15, 0.2) is 42.5 Å². The number of nitro groups is 1. The van der Waals surface area contributed by atoms with E-state index < -0.39 is 4.92 Å². The Labute approximate surface area is 175 Å². The maximum atomic E-state index is 12.5. The van der Waals surface area contributed by atoms with E-state index in [-0.39, 0.29) is 35.5 Å². The molecule has 0 radical (unpaired) electrons. The number of amides is 2. The summed E-state index contributed by atoms with van der Waals surface area (Å²) in [5.41, 5.74) is 2.32. The number of carbonyl (C=O) groups excluding carboxylic acids is 2. The predicted octanol–water partition coefficient (Wildman–Crippen LogP) is 3.72. The third kappa shape index (κ3) is 5.14. The van der Waals surface area contributed by atoms with E-state index in [1.165, 1.54) is 6.07 Å². The smallest absolute Gasteiger partial charge is 0.293 e. The predicted molar refractivity (Wildman–Crippen MR) is 116 cm³/mol. The number of nitro benzene ring substituents is 1. The van der Waals surface area contributed by atoms with Crippen molar-refractivity contribution < 1.29 is 14.5 Å². The van der Waals surface area contributed by atoms with Gasteiger partial charge in [-0.25, -0.2) is 0 Å². The molecule has 2 aromatic carbocycles. The molecule has 2 aromatic rings. The van der Waals surface area contributed by atoms with E-state index in [0.29, 0.717) is 11.4 Å². The van der Waals surface area contributed by atoms with Gasteiger partial charge in [0.1, 0.15) is 5.69 Å². The van der Waals surface area contributed by atoms with Crippen molar-refractivity contribution in [3.8, 4) is 0 Å². The first-order valence-electron chi connectivity index (χ1n) is 10.1. The Bertz CT molecular complexity index is 935. The second kappa shape index (κ2) is 9.39. The topological polar surface area (TPSA) is 105 Å². The van der Waals surface area contributed by atoms with Gasteiger partial charge >= 0.3 is 0 Å². The molecule has 2 N–H and O–H groups in total. The van der Waals surface area contributed by atoms with E-state index >= 15 is 0 Å². The van der Waals surface area contributed by atoms with Crippen molar-refractivity contribution in [3.05, 3.63) is 63.7 Å². The lowest BCUT2D eigenvalue weighted by Gasteiger charge is -2.17. The van der Waals surface area contributed by atoms with Gasteiger partial charge in [0.05, 0.1) is 4.92 Å². The number of benzene rings is 2. The van der Waals surface area contributed by atoms with Crippen molar-refractivity contribution in [1.29, 1.82) is 0 Å². The van der Waals surface area contributed by atoms with Gasteiger partial charge in [-0.1, -0.05) is 26.0 Å². The Kier molecular flexibility index (Phi) is 6.66. The maximum absolute atomic E-state index is 12.5. The minimum Gasteiger partial charge on any atom is -0.366 e. The van der Waals surface area contributed by atoms with Gasteiger partial charge in [0.2, 0.25) is 5.91 Å². The first kappa shape index (κ1) is 21.3. The number of rotatable bonds is 7. The zero-order valence-corrected chi connectivity index (χ0v) is 17.2. The molecule has 0 spiro atoms. The van der Waals surface area contributed by atoms with Crippen molar-refractivity contribution >= 4 is 28.9 Å². The first-order chi connectivity index (χ1) is 14.3. The van der Waals surface area contributed by atoms with Crippen molar-refractivity contribution in [2.75, 3.05) is 23.3 Å². The third-order valence-electron chi connectivity index (χ3n) is 5.08. The summed E-state index contributed by atoms with van der Waals surface area (Å²) in [4.78, 5) is 37.3. The summed E-state index contributed by atoms with van der Waals surface area (Å²) in [6.07, 6.45) is 2.03. The Morgan fingerprint density at radius 1 is 1.10 bits per heavy atom. The lowest BCUT2D eigenvalue weighted by molar-refractivity contribution is -0.384. The van der Waals surface area contributed by atoms with Gasteiger partial charge in [0.25, 0.3) is 11.6 Å². The molecule has 1 heterocycles. The highest BCUT2D eigenvalue weighted by atomic mass is 16.6. The van der Waals surface area contributed by atoms with Crippen molar-refractivity contribution in [3.63, 3.8) is 0 Å².